The Balaban J connectivity index is 1.94. The average Bonchev–Trinajstić information content (AvgIpc) is 2.47. The van der Waals surface area contributed by atoms with Crippen LogP contribution in [0.25, 0.3) is 0 Å². The summed E-state index contributed by atoms with van der Waals surface area (Å²) in [4.78, 5) is 0. The van der Waals surface area contributed by atoms with Gasteiger partial charge in [0.15, 0.2) is 0 Å². The summed E-state index contributed by atoms with van der Waals surface area (Å²) in [6.45, 7) is 0. The van der Waals surface area contributed by atoms with E-state index in [1.165, 1.54) is 0 Å². The van der Waals surface area contributed by atoms with Crippen LogP contribution in [0.1, 0.15) is 29.7 Å². The van der Waals surface area contributed by atoms with Crippen LogP contribution in [0.5, 0.6) is 11.5 Å². The van der Waals surface area contributed by atoms with E-state index in [0.717, 1.165) is 22.6 Å². The van der Waals surface area contributed by atoms with Crippen molar-refractivity contribution in [1.29, 1.82) is 0 Å². The van der Waals surface area contributed by atoms with Gasteiger partial charge in [-0.1, -0.05) is 29.3 Å². The maximum atomic E-state index is 6.27. The highest BCUT2D eigenvalue weighted by molar-refractivity contribution is 6.35. The molecule has 0 aromatic heterocycles. The first-order valence-corrected chi connectivity index (χ1v) is 7.39. The number of methoxy groups -OCH3 is 1. The molecule has 3 nitrogen and oxygen atoms in total. The molecule has 0 spiro atoms. The minimum atomic E-state index is -0.175. The van der Waals surface area contributed by atoms with E-state index in [4.69, 9.17) is 38.4 Å². The summed E-state index contributed by atoms with van der Waals surface area (Å²) >= 11 is 12.2. The zero-order valence-corrected chi connectivity index (χ0v) is 13.0. The highest BCUT2D eigenvalue weighted by Crippen LogP contribution is 2.42. The highest BCUT2D eigenvalue weighted by Gasteiger charge is 2.28. The van der Waals surface area contributed by atoms with E-state index in [-0.39, 0.29) is 12.1 Å². The lowest BCUT2D eigenvalue weighted by molar-refractivity contribution is 0.161. The molecule has 2 aromatic rings. The molecule has 3 rings (SSSR count). The number of fused-ring (bicyclic) bond motifs is 1. The monoisotopic (exact) mass is 323 g/mol. The summed E-state index contributed by atoms with van der Waals surface area (Å²) in [6, 6.07) is 10.9. The second kappa shape index (κ2) is 5.76. The molecule has 0 fully saturated rings. The molecular formula is C16H15Cl2NO2. The number of hydrogen-bond acceptors (Lipinski definition) is 3. The van der Waals surface area contributed by atoms with Gasteiger partial charge in [0.25, 0.3) is 0 Å². The van der Waals surface area contributed by atoms with E-state index in [1.54, 1.807) is 19.2 Å². The minimum absolute atomic E-state index is 0.124. The number of halogens is 2. The van der Waals surface area contributed by atoms with Gasteiger partial charge in [-0.2, -0.15) is 0 Å². The Labute approximate surface area is 133 Å². The third-order valence-corrected chi connectivity index (χ3v) is 4.23. The van der Waals surface area contributed by atoms with E-state index >= 15 is 0 Å². The summed E-state index contributed by atoms with van der Waals surface area (Å²) in [6.07, 6.45) is 0.479. The number of ether oxygens (including phenoxy) is 2. The molecule has 0 amide bonds. The van der Waals surface area contributed by atoms with Gasteiger partial charge in [0.1, 0.15) is 17.6 Å². The second-order valence-corrected chi connectivity index (χ2v) is 5.86. The zero-order chi connectivity index (χ0) is 15.0. The van der Waals surface area contributed by atoms with E-state index in [1.807, 2.05) is 24.3 Å². The molecule has 2 aromatic carbocycles. The number of nitrogens with two attached hydrogens (primary N) is 1. The third-order valence-electron chi connectivity index (χ3n) is 3.66. The summed E-state index contributed by atoms with van der Waals surface area (Å²) in [7, 11) is 1.63. The fraction of sp³-hybridized carbons (Fsp3) is 0.250. The third kappa shape index (κ3) is 2.82. The van der Waals surface area contributed by atoms with Gasteiger partial charge in [-0.3, -0.25) is 0 Å². The van der Waals surface area contributed by atoms with Gasteiger partial charge in [0.05, 0.1) is 7.11 Å². The van der Waals surface area contributed by atoms with Crippen molar-refractivity contribution < 1.29 is 9.47 Å². The first kappa shape index (κ1) is 14.5. The highest BCUT2D eigenvalue weighted by atomic mass is 35.5. The first-order chi connectivity index (χ1) is 10.1. The van der Waals surface area contributed by atoms with Gasteiger partial charge in [-0.15, -0.1) is 0 Å². The molecule has 1 unspecified atom stereocenters. The van der Waals surface area contributed by atoms with Crippen LogP contribution in [0.15, 0.2) is 36.4 Å². The van der Waals surface area contributed by atoms with E-state index < -0.39 is 0 Å². The standard InChI is InChI=1S/C16H15Cl2NO2/c1-20-10-3-5-15-12(7-10)14(19)8-16(21-15)11-4-2-9(17)6-13(11)18/h2-7,14,16H,8,19H2,1H3/t14-,16?/m0/s1. The maximum Gasteiger partial charge on any atom is 0.127 e. The molecule has 0 saturated carbocycles. The Morgan fingerprint density at radius 2 is 1.95 bits per heavy atom. The molecule has 0 aliphatic carbocycles. The quantitative estimate of drug-likeness (QED) is 0.883. The molecule has 0 radical (unpaired) electrons. The van der Waals surface area contributed by atoms with Crippen molar-refractivity contribution in [3.63, 3.8) is 0 Å². The average molecular weight is 324 g/mol. The number of hydrogen-bond donors (Lipinski definition) is 1. The molecule has 2 atom stereocenters. The summed E-state index contributed by atoms with van der Waals surface area (Å²) in [5, 5.41) is 1.20. The van der Waals surface area contributed by atoms with E-state index in [2.05, 4.69) is 0 Å². The lowest BCUT2D eigenvalue weighted by Crippen LogP contribution is -2.24. The summed E-state index contributed by atoms with van der Waals surface area (Å²) in [5.41, 5.74) is 8.13. The SMILES string of the molecule is COc1ccc2c(c1)[C@@H](N)CC(c1ccc(Cl)cc1Cl)O2. The van der Waals surface area contributed by atoms with Crippen molar-refractivity contribution in [3.8, 4) is 11.5 Å². The van der Waals surface area contributed by atoms with Crippen LogP contribution in [0, 0.1) is 0 Å². The molecule has 1 aliphatic heterocycles. The predicted molar refractivity (Wildman–Crippen MR) is 84.4 cm³/mol. The van der Waals surface area contributed by atoms with Crippen LogP contribution in [0.2, 0.25) is 10.0 Å². The van der Waals surface area contributed by atoms with Crippen molar-refractivity contribution in [2.75, 3.05) is 7.11 Å². The van der Waals surface area contributed by atoms with Gasteiger partial charge in [0, 0.05) is 33.6 Å². The molecule has 110 valence electrons. The van der Waals surface area contributed by atoms with Gasteiger partial charge < -0.3 is 15.2 Å². The van der Waals surface area contributed by atoms with Crippen molar-refractivity contribution in [1.82, 2.24) is 0 Å². The number of benzene rings is 2. The van der Waals surface area contributed by atoms with Gasteiger partial charge in [-0.25, -0.2) is 0 Å². The van der Waals surface area contributed by atoms with Crippen LogP contribution in [0.3, 0.4) is 0 Å². The predicted octanol–water partition coefficient (Wildman–Crippen LogP) is 4.53. The molecule has 21 heavy (non-hydrogen) atoms. The summed E-state index contributed by atoms with van der Waals surface area (Å²) in [5.74, 6) is 1.54. The van der Waals surface area contributed by atoms with E-state index in [9.17, 15) is 0 Å². The van der Waals surface area contributed by atoms with Crippen LogP contribution in [-0.4, -0.2) is 7.11 Å². The fourth-order valence-corrected chi connectivity index (χ4v) is 3.09. The van der Waals surface area contributed by atoms with Crippen LogP contribution < -0.4 is 15.2 Å². The fourth-order valence-electron chi connectivity index (χ4n) is 2.56. The Morgan fingerprint density at radius 1 is 1.14 bits per heavy atom. The van der Waals surface area contributed by atoms with Gasteiger partial charge >= 0.3 is 0 Å². The van der Waals surface area contributed by atoms with Gasteiger partial charge in [0.2, 0.25) is 0 Å². The molecule has 5 heteroatoms. The molecule has 2 N–H and O–H groups in total. The normalized spacial score (nSPS) is 20.6. The Hall–Kier alpha value is -1.42. The molecule has 0 bridgehead atoms. The van der Waals surface area contributed by atoms with Crippen LogP contribution in [-0.2, 0) is 0 Å². The minimum Gasteiger partial charge on any atom is -0.497 e. The zero-order valence-electron chi connectivity index (χ0n) is 11.5. The molecule has 1 heterocycles. The van der Waals surface area contributed by atoms with Crippen molar-refractivity contribution in [2.24, 2.45) is 5.73 Å². The maximum absolute atomic E-state index is 6.27. The van der Waals surface area contributed by atoms with E-state index in [0.29, 0.717) is 16.5 Å². The second-order valence-electron chi connectivity index (χ2n) is 5.02. The molecule has 1 aliphatic rings. The molecular weight excluding hydrogens is 309 g/mol. The Kier molecular flexibility index (Phi) is 3.98. The topological polar surface area (TPSA) is 44.5 Å². The lowest BCUT2D eigenvalue weighted by Gasteiger charge is -2.31. The lowest BCUT2D eigenvalue weighted by atomic mass is 9.93. The largest absolute Gasteiger partial charge is 0.497 e. The first-order valence-electron chi connectivity index (χ1n) is 6.63. The van der Waals surface area contributed by atoms with Crippen LogP contribution >= 0.6 is 23.2 Å². The summed E-state index contributed by atoms with van der Waals surface area (Å²) < 4.78 is 11.3. The van der Waals surface area contributed by atoms with Crippen LogP contribution in [0.4, 0.5) is 0 Å². The molecule has 0 saturated heterocycles. The van der Waals surface area contributed by atoms with Crippen molar-refractivity contribution in [3.05, 3.63) is 57.6 Å². The Morgan fingerprint density at radius 3 is 2.67 bits per heavy atom. The number of rotatable bonds is 2. The van der Waals surface area contributed by atoms with Gasteiger partial charge in [-0.05, 0) is 30.3 Å². The van der Waals surface area contributed by atoms with Crippen molar-refractivity contribution in [2.45, 2.75) is 18.6 Å². The van der Waals surface area contributed by atoms with Crippen molar-refractivity contribution >= 4 is 23.2 Å². The smallest absolute Gasteiger partial charge is 0.127 e. The Bertz CT molecular complexity index is 675.